The van der Waals surface area contributed by atoms with Gasteiger partial charge >= 0.3 is 5.97 Å². The van der Waals surface area contributed by atoms with Crippen LogP contribution in [0.5, 0.6) is 5.75 Å². The maximum atomic E-state index is 11.8. The number of nitrogens with zero attached hydrogens (tertiary/aromatic N) is 1. The highest BCUT2D eigenvalue weighted by Gasteiger charge is 2.17. The van der Waals surface area contributed by atoms with Gasteiger partial charge in [-0.1, -0.05) is 18.6 Å². The van der Waals surface area contributed by atoms with E-state index < -0.39 is 0 Å². The van der Waals surface area contributed by atoms with Gasteiger partial charge in [0.1, 0.15) is 5.75 Å². The smallest absolute Gasteiger partial charge is 0.310 e. The lowest BCUT2D eigenvalue weighted by atomic mass is 10.0. The summed E-state index contributed by atoms with van der Waals surface area (Å²) in [6, 6.07) is 8.19. The molecule has 1 saturated heterocycles. The number of hydrogen-bond donors (Lipinski definition) is 0. The molecule has 4 nitrogen and oxygen atoms in total. The molecule has 1 heterocycles. The molecule has 1 aliphatic heterocycles. The van der Waals surface area contributed by atoms with Crippen LogP contribution in [0.2, 0.25) is 0 Å². The summed E-state index contributed by atoms with van der Waals surface area (Å²) in [4.78, 5) is 14.3. The fraction of sp³-hybridized carbons (Fsp3) is 0.611. The molecule has 0 spiro atoms. The van der Waals surface area contributed by atoms with Crippen LogP contribution in [0.25, 0.3) is 0 Å². The van der Waals surface area contributed by atoms with Crippen molar-refractivity contribution in [1.29, 1.82) is 0 Å². The maximum Gasteiger partial charge on any atom is 0.310 e. The summed E-state index contributed by atoms with van der Waals surface area (Å²) >= 11 is 0. The van der Waals surface area contributed by atoms with Gasteiger partial charge in [0.05, 0.1) is 20.1 Å². The van der Waals surface area contributed by atoms with E-state index in [2.05, 4.69) is 11.8 Å². The second-order valence-corrected chi connectivity index (χ2v) is 5.98. The van der Waals surface area contributed by atoms with Crippen LogP contribution in [0, 0.1) is 0 Å². The number of rotatable bonds is 7. The van der Waals surface area contributed by atoms with Crippen LogP contribution >= 0.6 is 0 Å². The van der Waals surface area contributed by atoms with Gasteiger partial charge in [0.2, 0.25) is 0 Å². The van der Waals surface area contributed by atoms with E-state index >= 15 is 0 Å². The molecule has 0 bridgehead atoms. The number of methoxy groups -OCH3 is 1. The molecule has 0 amide bonds. The molecule has 1 atom stereocenters. The number of hydrogen-bond acceptors (Lipinski definition) is 4. The van der Waals surface area contributed by atoms with Crippen LogP contribution in [0.4, 0.5) is 0 Å². The average molecular weight is 305 g/mol. The molecule has 1 unspecified atom stereocenters. The Labute approximate surface area is 133 Å². The summed E-state index contributed by atoms with van der Waals surface area (Å²) in [5.74, 6) is 0.643. The quantitative estimate of drug-likeness (QED) is 0.573. The average Bonchev–Trinajstić information content (AvgIpc) is 2.54. The van der Waals surface area contributed by atoms with E-state index in [-0.39, 0.29) is 5.97 Å². The Bertz CT molecular complexity index is 458. The van der Waals surface area contributed by atoms with Gasteiger partial charge in [-0.3, -0.25) is 4.79 Å². The van der Waals surface area contributed by atoms with E-state index in [1.54, 1.807) is 7.11 Å². The topological polar surface area (TPSA) is 38.8 Å². The summed E-state index contributed by atoms with van der Waals surface area (Å²) in [7, 11) is 1.63. The number of esters is 1. The van der Waals surface area contributed by atoms with Crippen molar-refractivity contribution in [3.05, 3.63) is 29.8 Å². The first-order chi connectivity index (χ1) is 10.7. The fourth-order valence-corrected chi connectivity index (χ4v) is 2.90. The van der Waals surface area contributed by atoms with E-state index in [9.17, 15) is 4.79 Å². The first kappa shape index (κ1) is 16.8. The normalized spacial score (nSPS) is 18.9. The number of ether oxygens (including phenoxy) is 2. The minimum absolute atomic E-state index is 0.156. The molecule has 0 aliphatic carbocycles. The summed E-state index contributed by atoms with van der Waals surface area (Å²) < 4.78 is 10.4. The third-order valence-corrected chi connectivity index (χ3v) is 4.30. The van der Waals surface area contributed by atoms with E-state index in [1.807, 2.05) is 24.3 Å². The van der Waals surface area contributed by atoms with Gasteiger partial charge in [-0.25, -0.2) is 0 Å². The van der Waals surface area contributed by atoms with Gasteiger partial charge in [0.25, 0.3) is 0 Å². The van der Waals surface area contributed by atoms with Crippen LogP contribution in [-0.4, -0.2) is 43.7 Å². The van der Waals surface area contributed by atoms with Crippen molar-refractivity contribution >= 4 is 5.97 Å². The zero-order valence-corrected chi connectivity index (χ0v) is 13.7. The molecule has 0 aromatic heterocycles. The second-order valence-electron chi connectivity index (χ2n) is 5.98. The summed E-state index contributed by atoms with van der Waals surface area (Å²) in [6.45, 7) is 5.00. The van der Waals surface area contributed by atoms with Gasteiger partial charge in [-0.05, 0) is 50.4 Å². The molecule has 2 rings (SSSR count). The fourth-order valence-electron chi connectivity index (χ4n) is 2.90. The van der Waals surface area contributed by atoms with Crippen LogP contribution < -0.4 is 4.74 Å². The summed E-state index contributed by atoms with van der Waals surface area (Å²) in [5, 5.41) is 0. The molecule has 1 fully saturated rings. The molecule has 1 aliphatic rings. The number of likely N-dealkylation sites (tertiary alicyclic amines) is 1. The molecule has 4 heteroatoms. The van der Waals surface area contributed by atoms with E-state index in [0.717, 1.165) is 24.3 Å². The molecule has 1 aromatic rings. The second kappa shape index (κ2) is 8.79. The molecule has 0 saturated carbocycles. The lowest BCUT2D eigenvalue weighted by molar-refractivity contribution is -0.143. The number of benzene rings is 1. The largest absolute Gasteiger partial charge is 0.497 e. The van der Waals surface area contributed by atoms with Crippen molar-refractivity contribution in [3.63, 3.8) is 0 Å². The third-order valence-electron chi connectivity index (χ3n) is 4.30. The first-order valence-electron chi connectivity index (χ1n) is 8.21. The lowest BCUT2D eigenvalue weighted by Gasteiger charge is -2.33. The van der Waals surface area contributed by atoms with Crippen molar-refractivity contribution in [3.8, 4) is 5.75 Å². The minimum atomic E-state index is -0.156. The molecule has 1 aromatic carbocycles. The molecular formula is C18H27NO3. The van der Waals surface area contributed by atoms with Crippen molar-refractivity contribution < 1.29 is 14.3 Å². The predicted molar refractivity (Wildman–Crippen MR) is 87.2 cm³/mol. The number of carbonyl (C=O) groups is 1. The van der Waals surface area contributed by atoms with Gasteiger partial charge < -0.3 is 14.4 Å². The molecule has 22 heavy (non-hydrogen) atoms. The van der Waals surface area contributed by atoms with Crippen LogP contribution in [0.1, 0.15) is 38.2 Å². The third kappa shape index (κ3) is 5.34. The van der Waals surface area contributed by atoms with Crippen molar-refractivity contribution in [1.82, 2.24) is 4.90 Å². The zero-order valence-electron chi connectivity index (χ0n) is 13.7. The van der Waals surface area contributed by atoms with E-state index in [0.29, 0.717) is 19.1 Å². The molecule has 122 valence electrons. The van der Waals surface area contributed by atoms with Crippen molar-refractivity contribution in [2.45, 2.75) is 45.1 Å². The Morgan fingerprint density at radius 1 is 1.27 bits per heavy atom. The minimum Gasteiger partial charge on any atom is -0.497 e. The Hall–Kier alpha value is -1.55. The SMILES string of the molecule is COc1ccc(CC(=O)OCCCN2CCCCC2C)cc1. The van der Waals surface area contributed by atoms with Gasteiger partial charge in [0, 0.05) is 12.6 Å². The van der Waals surface area contributed by atoms with Gasteiger partial charge in [-0.2, -0.15) is 0 Å². The van der Waals surface area contributed by atoms with E-state index in [1.165, 1.54) is 25.8 Å². The predicted octanol–water partition coefficient (Wildman–Crippen LogP) is 3.05. The van der Waals surface area contributed by atoms with E-state index in [4.69, 9.17) is 9.47 Å². The highest BCUT2D eigenvalue weighted by Crippen LogP contribution is 2.16. The van der Waals surface area contributed by atoms with Crippen molar-refractivity contribution in [2.75, 3.05) is 26.8 Å². The number of carbonyl (C=O) groups excluding carboxylic acids is 1. The molecular weight excluding hydrogens is 278 g/mol. The highest BCUT2D eigenvalue weighted by atomic mass is 16.5. The van der Waals surface area contributed by atoms with Crippen LogP contribution in [-0.2, 0) is 16.0 Å². The standard InChI is InChI=1S/C18H27NO3/c1-15-6-3-4-11-19(15)12-5-13-22-18(20)14-16-7-9-17(21-2)10-8-16/h7-10,15H,3-6,11-14H2,1-2H3. The highest BCUT2D eigenvalue weighted by molar-refractivity contribution is 5.72. The monoisotopic (exact) mass is 305 g/mol. The summed E-state index contributed by atoms with van der Waals surface area (Å²) in [5.41, 5.74) is 0.954. The lowest BCUT2D eigenvalue weighted by Crippen LogP contribution is -2.38. The van der Waals surface area contributed by atoms with Crippen LogP contribution in [0.15, 0.2) is 24.3 Å². The Kier molecular flexibility index (Phi) is 6.72. The molecule has 0 N–H and O–H groups in total. The van der Waals surface area contributed by atoms with Gasteiger partial charge in [0.15, 0.2) is 0 Å². The first-order valence-corrected chi connectivity index (χ1v) is 8.21. The maximum absolute atomic E-state index is 11.8. The van der Waals surface area contributed by atoms with Gasteiger partial charge in [-0.15, -0.1) is 0 Å². The Morgan fingerprint density at radius 3 is 2.73 bits per heavy atom. The molecule has 0 radical (unpaired) electrons. The summed E-state index contributed by atoms with van der Waals surface area (Å²) in [6.07, 6.45) is 5.16. The number of piperidine rings is 1. The van der Waals surface area contributed by atoms with Crippen molar-refractivity contribution in [2.24, 2.45) is 0 Å². The zero-order chi connectivity index (χ0) is 15.8. The Balaban J connectivity index is 1.62. The Morgan fingerprint density at radius 2 is 2.05 bits per heavy atom. The van der Waals surface area contributed by atoms with Crippen LogP contribution in [0.3, 0.4) is 0 Å².